The van der Waals surface area contributed by atoms with Crippen LogP contribution in [-0.4, -0.2) is 61.3 Å². The van der Waals surface area contributed by atoms with Crippen LogP contribution in [0.2, 0.25) is 0 Å². The Morgan fingerprint density at radius 2 is 1.65 bits per heavy atom. The van der Waals surface area contributed by atoms with Crippen LogP contribution in [0.4, 0.5) is 33.6 Å². The van der Waals surface area contributed by atoms with Crippen molar-refractivity contribution in [3.63, 3.8) is 0 Å². The van der Waals surface area contributed by atoms with E-state index in [-0.39, 0.29) is 0 Å². The van der Waals surface area contributed by atoms with Crippen molar-refractivity contribution < 1.29 is 14.3 Å². The molecule has 1 N–H and O–H groups in total. The van der Waals surface area contributed by atoms with Crippen molar-refractivity contribution in [2.45, 2.75) is 13.8 Å². The molecule has 5 rings (SSSR count). The first-order chi connectivity index (χ1) is 19.4. The molecule has 1 aromatic heterocycles. The summed E-state index contributed by atoms with van der Waals surface area (Å²) in [5, 5.41) is 3.26. The number of hydrogen-bond donors (Lipinski definition) is 1. The minimum atomic E-state index is -0.563. The second-order valence-electron chi connectivity index (χ2n) is 9.80. The third-order valence-corrected chi connectivity index (χ3v) is 6.94. The molecule has 0 radical (unpaired) electrons. The van der Waals surface area contributed by atoms with E-state index in [1.165, 1.54) is 4.90 Å². The van der Waals surface area contributed by atoms with E-state index in [0.717, 1.165) is 54.4 Å². The van der Waals surface area contributed by atoms with E-state index < -0.39 is 6.09 Å². The number of piperazine rings is 1. The Hall–Kier alpha value is -4.63. The molecule has 0 unspecified atom stereocenters. The number of nitrogens with one attached hydrogen (secondary N) is 1. The Kier molecular flexibility index (Phi) is 8.12. The molecular weight excluding hydrogens is 504 g/mol. The van der Waals surface area contributed by atoms with Gasteiger partial charge in [-0.2, -0.15) is 4.98 Å². The first-order valence-electron chi connectivity index (χ1n) is 13.3. The lowest BCUT2D eigenvalue weighted by atomic mass is 10.1. The highest BCUT2D eigenvalue weighted by Crippen LogP contribution is 2.33. The normalized spacial score (nSPS) is 13.6. The molecule has 1 aliphatic heterocycles. The number of likely N-dealkylation sites (N-methyl/N-ethyl adjacent to an activating group) is 1. The van der Waals surface area contributed by atoms with E-state index >= 15 is 0 Å². The van der Waals surface area contributed by atoms with Crippen LogP contribution in [0, 0.1) is 13.8 Å². The van der Waals surface area contributed by atoms with Gasteiger partial charge in [-0.3, -0.25) is 0 Å². The number of amides is 1. The molecule has 0 atom stereocenters. The van der Waals surface area contributed by atoms with E-state index in [2.05, 4.69) is 38.2 Å². The fraction of sp³-hybridized carbons (Fsp3) is 0.258. The summed E-state index contributed by atoms with van der Waals surface area (Å²) in [5.41, 5.74) is 4.21. The lowest BCUT2D eigenvalue weighted by molar-refractivity contribution is 0.209. The van der Waals surface area contributed by atoms with Gasteiger partial charge < -0.3 is 24.6 Å². The zero-order chi connectivity index (χ0) is 28.1. The topological polar surface area (TPSA) is 83.1 Å². The van der Waals surface area contributed by atoms with Crippen molar-refractivity contribution in [3.05, 3.63) is 90.1 Å². The number of anilines is 5. The van der Waals surface area contributed by atoms with Gasteiger partial charge in [0.1, 0.15) is 17.3 Å². The zero-order valence-corrected chi connectivity index (χ0v) is 23.3. The average Bonchev–Trinajstić information content (AvgIpc) is 2.96. The van der Waals surface area contributed by atoms with Gasteiger partial charge in [0, 0.05) is 50.2 Å². The number of methoxy groups -OCH3 is 1. The smallest absolute Gasteiger partial charge is 0.425 e. The Bertz CT molecular complexity index is 1450. The fourth-order valence-corrected chi connectivity index (χ4v) is 4.73. The fourth-order valence-electron chi connectivity index (χ4n) is 4.73. The van der Waals surface area contributed by atoms with Gasteiger partial charge in [0.05, 0.1) is 18.5 Å². The summed E-state index contributed by atoms with van der Waals surface area (Å²) in [6.45, 7) is 7.73. The minimum absolute atomic E-state index is 0.340. The van der Waals surface area contributed by atoms with E-state index in [9.17, 15) is 4.79 Å². The summed E-state index contributed by atoms with van der Waals surface area (Å²) in [4.78, 5) is 28.7. The SMILES string of the molecule is COc1cc(Nc2nccc(N(C(=O)Oc3c(C)cccc3C)c3ccccc3)n2)ccc1N1CCN(C)CC1. The Morgan fingerprint density at radius 1 is 0.925 bits per heavy atom. The van der Waals surface area contributed by atoms with Crippen LogP contribution >= 0.6 is 0 Å². The third-order valence-electron chi connectivity index (χ3n) is 6.94. The van der Waals surface area contributed by atoms with Crippen molar-refractivity contribution in [1.29, 1.82) is 0 Å². The molecule has 4 aromatic rings. The summed E-state index contributed by atoms with van der Waals surface area (Å²) < 4.78 is 11.6. The van der Waals surface area contributed by atoms with Gasteiger partial charge in [0.25, 0.3) is 0 Å². The van der Waals surface area contributed by atoms with Crippen molar-refractivity contribution in [2.75, 3.05) is 55.5 Å². The largest absolute Gasteiger partial charge is 0.495 e. The van der Waals surface area contributed by atoms with Gasteiger partial charge in [0.15, 0.2) is 0 Å². The van der Waals surface area contributed by atoms with Crippen molar-refractivity contribution in [1.82, 2.24) is 14.9 Å². The highest BCUT2D eigenvalue weighted by atomic mass is 16.6. The van der Waals surface area contributed by atoms with Crippen LogP contribution in [0.15, 0.2) is 79.0 Å². The van der Waals surface area contributed by atoms with E-state index in [4.69, 9.17) is 9.47 Å². The van der Waals surface area contributed by atoms with E-state index in [1.54, 1.807) is 19.4 Å². The number of aryl methyl sites for hydroxylation is 2. The highest BCUT2D eigenvalue weighted by Gasteiger charge is 2.24. The number of rotatable bonds is 7. The maximum absolute atomic E-state index is 13.6. The molecule has 1 saturated heterocycles. The summed E-state index contributed by atoms with van der Waals surface area (Å²) in [5.74, 6) is 2.02. The number of carbonyl (C=O) groups is 1. The minimum Gasteiger partial charge on any atom is -0.495 e. The average molecular weight is 539 g/mol. The molecule has 40 heavy (non-hydrogen) atoms. The van der Waals surface area contributed by atoms with Crippen LogP contribution < -0.4 is 24.6 Å². The van der Waals surface area contributed by atoms with Gasteiger partial charge in [-0.05, 0) is 56.3 Å². The number of aromatic nitrogens is 2. The van der Waals surface area contributed by atoms with Crippen LogP contribution in [0.25, 0.3) is 0 Å². The molecule has 9 nitrogen and oxygen atoms in total. The van der Waals surface area contributed by atoms with Gasteiger partial charge in [-0.15, -0.1) is 0 Å². The van der Waals surface area contributed by atoms with Gasteiger partial charge in [0.2, 0.25) is 5.95 Å². The lowest BCUT2D eigenvalue weighted by Crippen LogP contribution is -2.44. The van der Waals surface area contributed by atoms with E-state index in [1.807, 2.05) is 74.5 Å². The molecule has 3 aromatic carbocycles. The van der Waals surface area contributed by atoms with Gasteiger partial charge >= 0.3 is 6.09 Å². The molecule has 0 spiro atoms. The molecule has 0 saturated carbocycles. The molecule has 9 heteroatoms. The highest BCUT2D eigenvalue weighted by molar-refractivity contribution is 5.96. The molecule has 2 heterocycles. The Morgan fingerprint density at radius 3 is 2.35 bits per heavy atom. The number of benzene rings is 3. The van der Waals surface area contributed by atoms with Crippen LogP contribution in [0.3, 0.4) is 0 Å². The molecule has 0 bridgehead atoms. The summed E-state index contributed by atoms with van der Waals surface area (Å²) in [7, 11) is 3.81. The van der Waals surface area contributed by atoms with Crippen molar-refractivity contribution in [3.8, 4) is 11.5 Å². The maximum atomic E-state index is 13.6. The first kappa shape index (κ1) is 27.0. The number of hydrogen-bond acceptors (Lipinski definition) is 8. The zero-order valence-electron chi connectivity index (χ0n) is 23.3. The second-order valence-corrected chi connectivity index (χ2v) is 9.80. The molecular formula is C31H34N6O3. The van der Waals surface area contributed by atoms with Crippen LogP contribution in [-0.2, 0) is 0 Å². The summed E-state index contributed by atoms with van der Waals surface area (Å²) >= 11 is 0. The monoisotopic (exact) mass is 538 g/mol. The van der Waals surface area contributed by atoms with E-state index in [0.29, 0.717) is 23.2 Å². The summed E-state index contributed by atoms with van der Waals surface area (Å²) in [6.07, 6.45) is 1.05. The molecule has 206 valence electrons. The number of carbonyl (C=O) groups excluding carboxylic acids is 1. The van der Waals surface area contributed by atoms with Crippen molar-refractivity contribution >= 4 is 34.9 Å². The third kappa shape index (κ3) is 6.00. The molecule has 1 aliphatic rings. The van der Waals surface area contributed by atoms with Crippen LogP contribution in [0.1, 0.15) is 11.1 Å². The summed E-state index contributed by atoms with van der Waals surface area (Å²) in [6, 6.07) is 22.7. The second kappa shape index (κ2) is 12.0. The number of nitrogens with zero attached hydrogens (tertiary/aromatic N) is 5. The molecule has 0 aliphatic carbocycles. The van der Waals surface area contributed by atoms with Crippen molar-refractivity contribution in [2.24, 2.45) is 0 Å². The van der Waals surface area contributed by atoms with Gasteiger partial charge in [-0.25, -0.2) is 14.7 Å². The lowest BCUT2D eigenvalue weighted by Gasteiger charge is -2.34. The predicted molar refractivity (Wildman–Crippen MR) is 159 cm³/mol. The molecule has 1 fully saturated rings. The first-order valence-corrected chi connectivity index (χ1v) is 13.3. The standard InChI is InChI=1S/C31H34N6O3/c1-22-9-8-10-23(2)29(22)40-31(38)37(25-11-6-5-7-12-25)28-15-16-32-30(34-28)33-24-13-14-26(27(21-24)39-4)36-19-17-35(3)18-20-36/h5-16,21H,17-20H2,1-4H3,(H,32,33,34). The Labute approximate surface area is 235 Å². The number of ether oxygens (including phenoxy) is 2. The molecule has 1 amide bonds. The number of para-hydroxylation sites is 2. The van der Waals surface area contributed by atoms with Crippen LogP contribution in [0.5, 0.6) is 11.5 Å². The quantitative estimate of drug-likeness (QED) is 0.310. The Balaban J connectivity index is 1.41. The van der Waals surface area contributed by atoms with Gasteiger partial charge in [-0.1, -0.05) is 36.4 Å². The predicted octanol–water partition coefficient (Wildman–Crippen LogP) is 5.93. The maximum Gasteiger partial charge on any atom is 0.425 e.